The monoisotopic (exact) mass is 463 g/mol. The minimum atomic E-state index is -3.91. The van der Waals surface area contributed by atoms with Gasteiger partial charge in [0.05, 0.1) is 39.0 Å². The predicted molar refractivity (Wildman–Crippen MR) is 131 cm³/mol. The Hall–Kier alpha value is -0.500. The quantitative estimate of drug-likeness (QED) is 0.132. The topological polar surface area (TPSA) is 97.5 Å². The van der Waals surface area contributed by atoms with Crippen molar-refractivity contribution in [2.75, 3.05) is 32.9 Å². The van der Waals surface area contributed by atoms with Crippen molar-refractivity contribution in [1.82, 2.24) is 0 Å². The largest absolute Gasteiger partial charge is 0.328 e. The van der Waals surface area contributed by atoms with Crippen LogP contribution in [0.25, 0.3) is 0 Å². The molecule has 6 nitrogen and oxygen atoms in total. The van der Waals surface area contributed by atoms with Gasteiger partial charge in [-0.2, -0.15) is 8.42 Å². The van der Waals surface area contributed by atoms with Crippen molar-refractivity contribution >= 4 is 15.9 Å². The summed E-state index contributed by atoms with van der Waals surface area (Å²) >= 11 is 0. The van der Waals surface area contributed by atoms with Gasteiger partial charge >= 0.3 is 0 Å². The third-order valence-electron chi connectivity index (χ3n) is 6.15. The summed E-state index contributed by atoms with van der Waals surface area (Å²) in [4.78, 5) is 12.3. The lowest BCUT2D eigenvalue weighted by Crippen LogP contribution is -2.45. The van der Waals surface area contributed by atoms with Gasteiger partial charge in [0.1, 0.15) is 5.78 Å². The van der Waals surface area contributed by atoms with Gasteiger partial charge in [-0.05, 0) is 6.42 Å². The fraction of sp³-hybridized carbons (Fsp3) is 0.958. The van der Waals surface area contributed by atoms with Gasteiger partial charge in [-0.3, -0.25) is 9.35 Å². The molecule has 0 spiro atoms. The first-order chi connectivity index (χ1) is 14.6. The fourth-order valence-electron chi connectivity index (χ4n) is 3.94. The Bertz CT molecular complexity index is 550. The molecule has 3 N–H and O–H groups in total. The summed E-state index contributed by atoms with van der Waals surface area (Å²) in [5.74, 6) is -0.0837. The van der Waals surface area contributed by atoms with Gasteiger partial charge in [-0.25, -0.2) is 0 Å². The van der Waals surface area contributed by atoms with Crippen LogP contribution in [0.3, 0.4) is 0 Å². The molecule has 7 heteroatoms. The Kier molecular flexibility index (Phi) is 17.7. The lowest BCUT2D eigenvalue weighted by atomic mass is 10.0. The first-order valence-corrected chi connectivity index (χ1v) is 14.2. The van der Waals surface area contributed by atoms with Gasteiger partial charge in [0.25, 0.3) is 10.1 Å². The molecule has 0 fully saturated rings. The standard InChI is InChI=1S/C24H50N2O4S/c1-4-5-6-7-8-9-10-11-12-13-14-15-16-18-24(27)23(25)19-21-26(2,3)20-17-22-31(28,29)30/h23H,4-22,25H2,1-3H3/p+1. The Morgan fingerprint density at radius 2 is 1.26 bits per heavy atom. The number of Topliss-reactive ketones (excluding diaryl/α,β-unsaturated/α-hetero) is 1. The molecule has 0 aromatic heterocycles. The number of nitrogens with two attached hydrogens (primary N) is 1. The van der Waals surface area contributed by atoms with Crippen LogP contribution in [-0.4, -0.2) is 62.2 Å². The minimum Gasteiger partial charge on any atom is -0.328 e. The van der Waals surface area contributed by atoms with Crippen LogP contribution in [0.5, 0.6) is 0 Å². The van der Waals surface area contributed by atoms with E-state index in [2.05, 4.69) is 6.92 Å². The summed E-state index contributed by atoms with van der Waals surface area (Å²) in [7, 11) is 0.0798. The second kappa shape index (κ2) is 18.0. The number of hydrogen-bond acceptors (Lipinski definition) is 4. The highest BCUT2D eigenvalue weighted by Crippen LogP contribution is 2.13. The van der Waals surface area contributed by atoms with E-state index in [1.54, 1.807) is 0 Å². The number of carbonyl (C=O) groups excluding carboxylic acids is 1. The molecular formula is C24H51N2O4S+. The Morgan fingerprint density at radius 3 is 1.71 bits per heavy atom. The highest BCUT2D eigenvalue weighted by Gasteiger charge is 2.21. The van der Waals surface area contributed by atoms with E-state index in [0.717, 1.165) is 19.4 Å². The van der Waals surface area contributed by atoms with E-state index in [0.29, 0.717) is 30.3 Å². The van der Waals surface area contributed by atoms with Crippen LogP contribution in [0.1, 0.15) is 110 Å². The van der Waals surface area contributed by atoms with E-state index in [1.165, 1.54) is 70.6 Å². The second-order valence-electron chi connectivity index (χ2n) is 9.88. The van der Waals surface area contributed by atoms with Crippen molar-refractivity contribution < 1.29 is 22.2 Å². The molecule has 0 aliphatic heterocycles. The number of ketones is 1. The van der Waals surface area contributed by atoms with Crippen LogP contribution in [0.2, 0.25) is 0 Å². The van der Waals surface area contributed by atoms with Gasteiger partial charge in [0, 0.05) is 19.3 Å². The van der Waals surface area contributed by atoms with Crippen LogP contribution >= 0.6 is 0 Å². The molecule has 0 heterocycles. The van der Waals surface area contributed by atoms with E-state index in [9.17, 15) is 13.2 Å². The average molecular weight is 464 g/mol. The highest BCUT2D eigenvalue weighted by atomic mass is 32.2. The second-order valence-corrected chi connectivity index (χ2v) is 11.4. The maximum absolute atomic E-state index is 12.3. The average Bonchev–Trinajstić information content (AvgIpc) is 2.68. The van der Waals surface area contributed by atoms with Crippen molar-refractivity contribution in [2.45, 2.75) is 116 Å². The van der Waals surface area contributed by atoms with Gasteiger partial charge in [0.15, 0.2) is 0 Å². The fourth-order valence-corrected chi connectivity index (χ4v) is 4.43. The first-order valence-electron chi connectivity index (χ1n) is 12.6. The number of hydrogen-bond donors (Lipinski definition) is 2. The number of carbonyl (C=O) groups is 1. The van der Waals surface area contributed by atoms with Crippen LogP contribution in [0.15, 0.2) is 0 Å². The van der Waals surface area contributed by atoms with E-state index in [4.69, 9.17) is 10.3 Å². The maximum Gasteiger partial charge on any atom is 0.265 e. The van der Waals surface area contributed by atoms with Crippen LogP contribution in [-0.2, 0) is 14.9 Å². The van der Waals surface area contributed by atoms with Gasteiger partial charge < -0.3 is 10.2 Å². The molecule has 1 unspecified atom stereocenters. The normalized spacial score (nSPS) is 13.5. The molecule has 0 aliphatic carbocycles. The zero-order valence-corrected chi connectivity index (χ0v) is 21.4. The Labute approximate surface area is 192 Å². The number of rotatable bonds is 22. The maximum atomic E-state index is 12.3. The van der Waals surface area contributed by atoms with Crippen molar-refractivity contribution in [3.8, 4) is 0 Å². The van der Waals surface area contributed by atoms with E-state index >= 15 is 0 Å². The molecule has 0 rings (SSSR count). The summed E-state index contributed by atoms with van der Waals surface area (Å²) < 4.78 is 31.1. The lowest BCUT2D eigenvalue weighted by molar-refractivity contribution is -0.890. The number of unbranched alkanes of at least 4 members (excludes halogenated alkanes) is 12. The molecule has 0 aromatic rings. The highest BCUT2D eigenvalue weighted by molar-refractivity contribution is 7.85. The first kappa shape index (κ1) is 30.5. The molecular weight excluding hydrogens is 412 g/mol. The zero-order valence-electron chi connectivity index (χ0n) is 20.6. The molecule has 0 aliphatic rings. The van der Waals surface area contributed by atoms with Crippen molar-refractivity contribution in [1.29, 1.82) is 0 Å². The third kappa shape index (κ3) is 21.1. The van der Waals surface area contributed by atoms with Gasteiger partial charge in [-0.1, -0.05) is 84.0 Å². The summed E-state index contributed by atoms with van der Waals surface area (Å²) in [5, 5.41) is 0. The van der Waals surface area contributed by atoms with Crippen LogP contribution in [0.4, 0.5) is 0 Å². The molecule has 0 aromatic carbocycles. The molecule has 0 amide bonds. The molecule has 0 radical (unpaired) electrons. The summed E-state index contributed by atoms with van der Waals surface area (Å²) in [6.07, 6.45) is 18.4. The number of nitrogens with zero attached hydrogens (tertiary/aromatic N) is 1. The van der Waals surface area contributed by atoms with Gasteiger partial charge in [0.2, 0.25) is 0 Å². The molecule has 0 bridgehead atoms. The summed E-state index contributed by atoms with van der Waals surface area (Å²) in [5.41, 5.74) is 6.07. The molecule has 31 heavy (non-hydrogen) atoms. The van der Waals surface area contributed by atoms with Crippen LogP contribution < -0.4 is 5.73 Å². The van der Waals surface area contributed by atoms with Crippen molar-refractivity contribution in [2.24, 2.45) is 5.73 Å². The number of quaternary nitrogens is 1. The Morgan fingerprint density at radius 1 is 0.806 bits per heavy atom. The molecule has 1 atom stereocenters. The SMILES string of the molecule is CCCCCCCCCCCCCCCC(=O)C(N)CC[N+](C)(C)CCCS(=O)(=O)O. The van der Waals surface area contributed by atoms with Gasteiger partial charge in [-0.15, -0.1) is 0 Å². The van der Waals surface area contributed by atoms with E-state index < -0.39 is 16.2 Å². The Balaban J connectivity index is 3.64. The smallest absolute Gasteiger partial charge is 0.265 e. The molecule has 186 valence electrons. The third-order valence-corrected chi connectivity index (χ3v) is 6.96. The van der Waals surface area contributed by atoms with Crippen molar-refractivity contribution in [3.63, 3.8) is 0 Å². The molecule has 0 saturated carbocycles. The van der Waals surface area contributed by atoms with E-state index in [-0.39, 0.29) is 11.5 Å². The zero-order chi connectivity index (χ0) is 23.6. The van der Waals surface area contributed by atoms with E-state index in [1.807, 2.05) is 14.1 Å². The summed E-state index contributed by atoms with van der Waals surface area (Å²) in [6, 6.07) is -0.434. The minimum absolute atomic E-state index is 0.140. The molecule has 0 saturated heterocycles. The van der Waals surface area contributed by atoms with Crippen LogP contribution in [0, 0.1) is 0 Å². The predicted octanol–water partition coefficient (Wildman–Crippen LogP) is 5.11. The van der Waals surface area contributed by atoms with Crippen molar-refractivity contribution in [3.05, 3.63) is 0 Å². The summed E-state index contributed by atoms with van der Waals surface area (Å²) in [6.45, 7) is 3.60. The lowest BCUT2D eigenvalue weighted by Gasteiger charge is -2.30.